The van der Waals surface area contributed by atoms with Crippen LogP contribution in [0, 0.1) is 0 Å². The quantitative estimate of drug-likeness (QED) is 0.284. The summed E-state index contributed by atoms with van der Waals surface area (Å²) in [5.74, 6) is 0.0340. The largest absolute Gasteiger partial charge is 0.379 e. The van der Waals surface area contributed by atoms with Crippen molar-refractivity contribution in [3.63, 3.8) is 0 Å². The van der Waals surface area contributed by atoms with Crippen LogP contribution in [0.15, 0.2) is 0 Å². The highest BCUT2D eigenvalue weighted by Gasteiger charge is 2.25. The summed E-state index contributed by atoms with van der Waals surface area (Å²) in [6, 6.07) is 0. The lowest BCUT2D eigenvalue weighted by Gasteiger charge is -2.29. The maximum atomic E-state index is 12.0. The number of hydrogen-bond acceptors (Lipinski definition) is 6. The summed E-state index contributed by atoms with van der Waals surface area (Å²) in [5.41, 5.74) is -0.387. The molecule has 26 heavy (non-hydrogen) atoms. The van der Waals surface area contributed by atoms with Gasteiger partial charge in [0.15, 0.2) is 0 Å². The van der Waals surface area contributed by atoms with Gasteiger partial charge < -0.3 is 24.0 Å². The van der Waals surface area contributed by atoms with Gasteiger partial charge in [-0.25, -0.2) is 0 Å². The van der Waals surface area contributed by atoms with Crippen LogP contribution in [-0.2, 0) is 19.0 Å². The molecule has 0 aromatic rings. The minimum absolute atomic E-state index is 0.0340. The summed E-state index contributed by atoms with van der Waals surface area (Å²) >= 11 is 11.6. The fourth-order valence-electron chi connectivity index (χ4n) is 1.79. The molecule has 0 rings (SSSR count). The molecule has 0 bridgehead atoms. The van der Waals surface area contributed by atoms with Crippen molar-refractivity contribution in [2.24, 2.45) is 0 Å². The molecule has 0 spiro atoms. The van der Waals surface area contributed by atoms with Crippen molar-refractivity contribution in [2.75, 3.05) is 73.9 Å². The van der Waals surface area contributed by atoms with Gasteiger partial charge in [-0.15, -0.1) is 3.94 Å². The number of amides is 1. The predicted octanol–water partition coefficient (Wildman–Crippen LogP) is 2.22. The second kappa shape index (κ2) is 14.9. The lowest BCUT2D eigenvalue weighted by atomic mass is 10.0. The van der Waals surface area contributed by atoms with Gasteiger partial charge in [0.25, 0.3) is 0 Å². The van der Waals surface area contributed by atoms with Gasteiger partial charge in [-0.2, -0.15) is 0 Å². The minimum atomic E-state index is -0.387. The maximum absolute atomic E-state index is 12.0. The molecule has 0 radical (unpaired) electrons. The third kappa shape index (κ3) is 14.0. The molecule has 0 atom stereocenters. The molecule has 1 amide bonds. The number of likely N-dealkylation sites (N-methyl/N-ethyl adjacent to an activating group) is 1. The zero-order chi connectivity index (χ0) is 20.0. The van der Waals surface area contributed by atoms with Crippen molar-refractivity contribution in [1.82, 2.24) is 13.7 Å². The lowest BCUT2D eigenvalue weighted by Crippen LogP contribution is -2.37. The summed E-state index contributed by atoms with van der Waals surface area (Å²) in [7, 11) is 5.78. The summed E-state index contributed by atoms with van der Waals surface area (Å²) in [4.78, 5) is 15.8. The smallest absolute Gasteiger partial charge is 0.224 e. The number of halogens is 2. The Morgan fingerprint density at radius 2 is 1.35 bits per heavy atom. The summed E-state index contributed by atoms with van der Waals surface area (Å²) in [5, 5.41) is 0. The molecule has 0 aliphatic carbocycles. The zero-order valence-corrected chi connectivity index (χ0v) is 18.3. The van der Waals surface area contributed by atoms with E-state index in [2.05, 4.69) is 4.90 Å². The topological polar surface area (TPSA) is 54.5 Å². The second-order valence-corrected chi connectivity index (χ2v) is 7.85. The highest BCUT2D eigenvalue weighted by Crippen LogP contribution is 2.23. The lowest BCUT2D eigenvalue weighted by molar-refractivity contribution is -0.131. The molecular formula is C17H35Cl2N3O4. The molecule has 7 nitrogen and oxygen atoms in total. The summed E-state index contributed by atoms with van der Waals surface area (Å²) < 4.78 is 17.4. The highest BCUT2D eigenvalue weighted by atomic mass is 35.5. The van der Waals surface area contributed by atoms with Gasteiger partial charge >= 0.3 is 0 Å². The molecular weight excluding hydrogens is 381 g/mol. The predicted molar refractivity (Wildman–Crippen MR) is 106 cm³/mol. The first kappa shape index (κ1) is 25.9. The van der Waals surface area contributed by atoms with E-state index in [0.29, 0.717) is 59.0 Å². The molecule has 156 valence electrons. The Balaban J connectivity index is 3.53. The van der Waals surface area contributed by atoms with Gasteiger partial charge in [-0.3, -0.25) is 4.79 Å². The molecule has 0 aliphatic heterocycles. The second-order valence-electron chi connectivity index (χ2n) is 7.00. The van der Waals surface area contributed by atoms with Gasteiger partial charge in [-0.05, 0) is 57.9 Å². The molecule has 0 fully saturated rings. The van der Waals surface area contributed by atoms with E-state index < -0.39 is 0 Å². The number of carbonyl (C=O) groups excluding carboxylic acids is 1. The average Bonchev–Trinajstić information content (AvgIpc) is 2.56. The van der Waals surface area contributed by atoms with Gasteiger partial charge in [0.05, 0.1) is 46.1 Å². The van der Waals surface area contributed by atoms with E-state index in [-0.39, 0.29) is 11.4 Å². The molecule has 0 saturated heterocycles. The minimum Gasteiger partial charge on any atom is -0.379 e. The van der Waals surface area contributed by atoms with Crippen molar-refractivity contribution in [2.45, 2.75) is 32.2 Å². The zero-order valence-electron chi connectivity index (χ0n) is 16.8. The first-order valence-electron chi connectivity index (χ1n) is 8.90. The third-order valence-electron chi connectivity index (χ3n) is 3.83. The van der Waals surface area contributed by atoms with Gasteiger partial charge in [-0.1, -0.05) is 0 Å². The van der Waals surface area contributed by atoms with E-state index in [0.717, 1.165) is 10.5 Å². The normalized spacial score (nSPS) is 12.2. The van der Waals surface area contributed by atoms with E-state index in [4.69, 9.17) is 37.8 Å². The van der Waals surface area contributed by atoms with Crippen molar-refractivity contribution in [3.05, 3.63) is 0 Å². The van der Waals surface area contributed by atoms with Crippen LogP contribution in [0.5, 0.6) is 0 Å². The monoisotopic (exact) mass is 415 g/mol. The maximum Gasteiger partial charge on any atom is 0.224 e. The Morgan fingerprint density at radius 1 is 0.846 bits per heavy atom. The molecule has 0 heterocycles. The molecule has 0 saturated carbocycles. The Labute approximate surface area is 168 Å². The Hall–Kier alpha value is -0.150. The highest BCUT2D eigenvalue weighted by molar-refractivity contribution is 6.34. The summed E-state index contributed by atoms with van der Waals surface area (Å²) in [6.45, 7) is 8.49. The third-order valence-corrected chi connectivity index (χ3v) is 4.74. The molecule has 0 unspecified atom stereocenters. The number of nitrogens with zero attached hydrogens (tertiary/aromatic N) is 3. The molecule has 0 N–H and O–H groups in total. The number of carbonyl (C=O) groups is 1. The molecule has 0 aromatic carbocycles. The van der Waals surface area contributed by atoms with E-state index in [9.17, 15) is 4.79 Å². The Morgan fingerprint density at radius 3 is 1.85 bits per heavy atom. The Bertz CT molecular complexity index is 372. The van der Waals surface area contributed by atoms with Crippen molar-refractivity contribution in [1.29, 1.82) is 0 Å². The van der Waals surface area contributed by atoms with Crippen LogP contribution in [0.3, 0.4) is 0 Å². The van der Waals surface area contributed by atoms with Crippen LogP contribution in [0.4, 0.5) is 0 Å². The van der Waals surface area contributed by atoms with Gasteiger partial charge in [0.2, 0.25) is 5.91 Å². The fraction of sp³-hybridized carbons (Fsp3) is 0.941. The fourth-order valence-corrected chi connectivity index (χ4v) is 1.96. The van der Waals surface area contributed by atoms with Crippen molar-refractivity contribution < 1.29 is 19.0 Å². The number of ether oxygens (including phenoxy) is 3. The van der Waals surface area contributed by atoms with Gasteiger partial charge in [0, 0.05) is 25.7 Å². The van der Waals surface area contributed by atoms with Crippen LogP contribution in [0.2, 0.25) is 0 Å². The van der Waals surface area contributed by atoms with E-state index in [1.165, 1.54) is 0 Å². The van der Waals surface area contributed by atoms with Crippen LogP contribution in [0.25, 0.3) is 0 Å². The SMILES string of the molecule is CN(C)CCOCCOCCOCCC(=O)N(C)CCC(C)(C)N(Cl)Cl. The van der Waals surface area contributed by atoms with Crippen LogP contribution in [0.1, 0.15) is 26.7 Å². The van der Waals surface area contributed by atoms with E-state index >= 15 is 0 Å². The van der Waals surface area contributed by atoms with Gasteiger partial charge in [0.1, 0.15) is 0 Å². The number of hydrogen-bond donors (Lipinski definition) is 0. The molecule has 0 aliphatic rings. The standard InChI is InChI=1S/C17H35Cl2N3O4/c1-17(2,22(18)19)7-8-21(5)16(23)6-10-24-12-14-26-15-13-25-11-9-20(3)4/h6-15H2,1-5H3. The summed E-state index contributed by atoms with van der Waals surface area (Å²) in [6.07, 6.45) is 1.02. The van der Waals surface area contributed by atoms with Crippen LogP contribution < -0.4 is 0 Å². The van der Waals surface area contributed by atoms with E-state index in [1.807, 2.05) is 27.9 Å². The number of rotatable bonds is 16. The first-order chi connectivity index (χ1) is 12.2. The van der Waals surface area contributed by atoms with Crippen molar-refractivity contribution in [3.8, 4) is 0 Å². The molecule has 9 heteroatoms. The van der Waals surface area contributed by atoms with E-state index in [1.54, 1.807) is 11.9 Å². The Kier molecular flexibility index (Phi) is 14.8. The van der Waals surface area contributed by atoms with Crippen molar-refractivity contribution >= 4 is 29.5 Å². The first-order valence-corrected chi connectivity index (χ1v) is 9.58. The van der Waals surface area contributed by atoms with Crippen LogP contribution >= 0.6 is 23.6 Å². The van der Waals surface area contributed by atoms with Crippen LogP contribution in [-0.4, -0.2) is 99.1 Å². The molecule has 0 aromatic heterocycles. The average molecular weight is 416 g/mol.